The predicted octanol–water partition coefficient (Wildman–Crippen LogP) is 15.6. The number of ether oxygens (including phenoxy) is 4. The number of carbonyl (C=O) groups is 1. The topological polar surface area (TPSA) is 228 Å². The molecule has 0 aliphatic carbocycles. The largest absolute Gasteiger partial charge is 0.394 e. The van der Waals surface area contributed by atoms with Crippen LogP contribution in [0.2, 0.25) is 0 Å². The number of aliphatic hydroxyl groups is 8. The smallest absolute Gasteiger partial charge is 0.220 e. The van der Waals surface area contributed by atoms with Crippen molar-refractivity contribution in [2.75, 3.05) is 19.8 Å². The SMILES string of the molecule is CC/C=C\C/C=C\C/C=C\C/C=C\C/C=C\C/C=C\C/C=C\CCCCCCCC(=O)NC(COC1OC(CO)C(OC2OC(CO)C(O)C(O)C2O)C(O)C1O)C(O)CCCCCCCCCCCCCCCCCCCCCCCCCCCCCCC. The van der Waals surface area contributed by atoms with Gasteiger partial charge in [0, 0.05) is 6.42 Å². The molecule has 12 atom stereocenters. The molecule has 0 aromatic carbocycles. The monoisotopic (exact) mass is 1270 g/mol. The van der Waals surface area contributed by atoms with Crippen LogP contribution in [0.15, 0.2) is 85.1 Å². The van der Waals surface area contributed by atoms with Crippen LogP contribution >= 0.6 is 0 Å². The lowest BCUT2D eigenvalue weighted by Gasteiger charge is -2.46. The molecule has 2 fully saturated rings. The van der Waals surface area contributed by atoms with Crippen molar-refractivity contribution < 1.29 is 64.6 Å². The van der Waals surface area contributed by atoms with E-state index in [-0.39, 0.29) is 18.9 Å². The van der Waals surface area contributed by atoms with Gasteiger partial charge < -0.3 is 65.1 Å². The Kier molecular flexibility index (Phi) is 55.4. The van der Waals surface area contributed by atoms with Crippen LogP contribution in [0.3, 0.4) is 0 Å². The average Bonchev–Trinajstić information content (AvgIpc) is 1.41. The van der Waals surface area contributed by atoms with Gasteiger partial charge in [-0.1, -0.05) is 304 Å². The molecule has 2 aliphatic rings. The molecule has 2 aliphatic heterocycles. The first-order chi connectivity index (χ1) is 44.1. The third-order valence-electron chi connectivity index (χ3n) is 17.6. The van der Waals surface area contributed by atoms with Crippen LogP contribution in [0.1, 0.15) is 296 Å². The Hall–Kier alpha value is -2.83. The van der Waals surface area contributed by atoms with E-state index in [9.17, 15) is 45.6 Å². The van der Waals surface area contributed by atoms with Crippen molar-refractivity contribution in [1.82, 2.24) is 5.32 Å². The van der Waals surface area contributed by atoms with Crippen LogP contribution < -0.4 is 5.32 Å². The number of unbranched alkanes of at least 4 members (excludes halogenated alkanes) is 33. The van der Waals surface area contributed by atoms with E-state index in [1.54, 1.807) is 0 Å². The van der Waals surface area contributed by atoms with E-state index in [0.29, 0.717) is 12.8 Å². The highest BCUT2D eigenvalue weighted by Gasteiger charge is 2.51. The normalized spacial score (nSPS) is 23.4. The fourth-order valence-electron chi connectivity index (χ4n) is 11.8. The summed E-state index contributed by atoms with van der Waals surface area (Å²) in [6.07, 6.45) is 66.0. The first-order valence-electron chi connectivity index (χ1n) is 36.8. The molecule has 1 amide bonds. The maximum Gasteiger partial charge on any atom is 0.220 e. The van der Waals surface area contributed by atoms with Gasteiger partial charge in [-0.25, -0.2) is 0 Å². The Bertz CT molecular complexity index is 1830. The van der Waals surface area contributed by atoms with E-state index in [2.05, 4.69) is 104 Å². The summed E-state index contributed by atoms with van der Waals surface area (Å²) in [4.78, 5) is 13.4. The molecular formula is C76H135NO13. The lowest BCUT2D eigenvalue weighted by atomic mass is 9.97. The van der Waals surface area contributed by atoms with Crippen LogP contribution in [0.4, 0.5) is 0 Å². The van der Waals surface area contributed by atoms with Gasteiger partial charge in [0.25, 0.3) is 0 Å². The second-order valence-corrected chi connectivity index (χ2v) is 25.7. The minimum atomic E-state index is -1.79. The lowest BCUT2D eigenvalue weighted by molar-refractivity contribution is -0.359. The van der Waals surface area contributed by atoms with E-state index < -0.39 is 86.8 Å². The van der Waals surface area contributed by atoms with Crippen molar-refractivity contribution >= 4 is 5.91 Å². The Morgan fingerprint density at radius 1 is 0.411 bits per heavy atom. The van der Waals surface area contributed by atoms with Crippen molar-refractivity contribution in [3.05, 3.63) is 85.1 Å². The summed E-state index contributed by atoms with van der Waals surface area (Å²) in [5.74, 6) is -0.225. The fourth-order valence-corrected chi connectivity index (χ4v) is 11.8. The molecule has 0 spiro atoms. The molecule has 2 rings (SSSR count). The van der Waals surface area contributed by atoms with E-state index in [4.69, 9.17) is 18.9 Å². The Labute approximate surface area is 548 Å². The van der Waals surface area contributed by atoms with Gasteiger partial charge in [-0.3, -0.25) is 4.79 Å². The lowest BCUT2D eigenvalue weighted by Crippen LogP contribution is -2.65. The average molecular weight is 1270 g/mol. The fraction of sp³-hybridized carbons (Fsp3) is 0.803. The zero-order valence-corrected chi connectivity index (χ0v) is 56.9. The summed E-state index contributed by atoms with van der Waals surface area (Å²) in [6.45, 7) is 2.77. The minimum absolute atomic E-state index is 0.225. The van der Waals surface area contributed by atoms with E-state index in [1.807, 2.05) is 0 Å². The minimum Gasteiger partial charge on any atom is -0.394 e. The Morgan fingerprint density at radius 3 is 1.18 bits per heavy atom. The molecular weight excluding hydrogens is 1130 g/mol. The third-order valence-corrected chi connectivity index (χ3v) is 17.6. The van der Waals surface area contributed by atoms with Crippen molar-refractivity contribution in [3.63, 3.8) is 0 Å². The molecule has 0 aromatic rings. The first-order valence-corrected chi connectivity index (χ1v) is 36.8. The highest BCUT2D eigenvalue weighted by Crippen LogP contribution is 2.30. The highest BCUT2D eigenvalue weighted by molar-refractivity contribution is 5.76. The molecule has 12 unspecified atom stereocenters. The zero-order valence-electron chi connectivity index (χ0n) is 56.9. The highest BCUT2D eigenvalue weighted by atomic mass is 16.7. The molecule has 0 saturated carbocycles. The molecule has 0 bridgehead atoms. The van der Waals surface area contributed by atoms with E-state index >= 15 is 0 Å². The number of nitrogens with one attached hydrogen (secondary N) is 1. The first kappa shape index (κ1) is 83.3. The van der Waals surface area contributed by atoms with Crippen LogP contribution in [-0.4, -0.2) is 140 Å². The second-order valence-electron chi connectivity index (χ2n) is 25.7. The second kappa shape index (κ2) is 59.9. The molecule has 90 heavy (non-hydrogen) atoms. The van der Waals surface area contributed by atoms with Gasteiger partial charge >= 0.3 is 0 Å². The van der Waals surface area contributed by atoms with Gasteiger partial charge in [0.1, 0.15) is 48.8 Å². The molecule has 0 aromatic heterocycles. The maximum atomic E-state index is 13.4. The van der Waals surface area contributed by atoms with Gasteiger partial charge in [-0.05, 0) is 70.6 Å². The van der Waals surface area contributed by atoms with Crippen molar-refractivity contribution in [2.45, 2.75) is 370 Å². The molecule has 14 nitrogen and oxygen atoms in total. The quantitative estimate of drug-likeness (QED) is 0.0204. The van der Waals surface area contributed by atoms with Crippen LogP contribution in [0, 0.1) is 0 Å². The summed E-state index contributed by atoms with van der Waals surface area (Å²) in [5.41, 5.74) is 0. The van der Waals surface area contributed by atoms with E-state index in [1.165, 1.54) is 161 Å². The number of allylic oxidation sites excluding steroid dienone is 14. The number of aliphatic hydroxyl groups excluding tert-OH is 8. The zero-order chi connectivity index (χ0) is 65.2. The predicted molar refractivity (Wildman–Crippen MR) is 369 cm³/mol. The number of carbonyl (C=O) groups excluding carboxylic acids is 1. The molecule has 0 radical (unpaired) electrons. The number of hydrogen-bond donors (Lipinski definition) is 9. The standard InChI is InChI=1S/C76H135NO13/c1-3-5-7-9-11-13-15-17-19-21-23-25-27-29-31-32-34-35-37-39-41-43-45-47-49-51-53-55-57-59-65(80)64(63-87-75-73(86)71(84)74(67(62-79)89-75)90-76-72(85)70(83)69(82)66(61-78)88-76)77-68(81)60-58-56-54-52-50-48-46-44-42-40-38-36-33-30-28-26-24-22-20-18-16-14-12-10-8-6-4-2/h6,8,12,14,18,20,24,26,30,33,38,40,44,46,64-67,69-76,78-80,82-86H,3-5,7,9-11,13,15-17,19,21-23,25,27-29,31-32,34-37,39,41-43,45,47-63H2,1-2H3,(H,77,81)/b8-6-,14-12-,20-18-,26-24-,33-30-,40-38-,46-44-. The molecule has 9 N–H and O–H groups in total. The summed E-state index contributed by atoms with van der Waals surface area (Å²) in [6, 6.07) is -0.848. The summed E-state index contributed by atoms with van der Waals surface area (Å²) in [7, 11) is 0. The van der Waals surface area contributed by atoms with Gasteiger partial charge in [0.05, 0.1) is 32.0 Å². The summed E-state index contributed by atoms with van der Waals surface area (Å²) < 4.78 is 22.9. The summed E-state index contributed by atoms with van der Waals surface area (Å²) >= 11 is 0. The van der Waals surface area contributed by atoms with Crippen LogP contribution in [0.25, 0.3) is 0 Å². The molecule has 2 saturated heterocycles. The summed E-state index contributed by atoms with van der Waals surface area (Å²) in [5, 5.41) is 87.7. The number of amides is 1. The third kappa shape index (κ3) is 43.2. The van der Waals surface area contributed by atoms with Crippen LogP contribution in [0.5, 0.6) is 0 Å². The number of rotatable bonds is 60. The molecule has 2 heterocycles. The van der Waals surface area contributed by atoms with Gasteiger partial charge in [0.15, 0.2) is 12.6 Å². The Morgan fingerprint density at radius 2 is 0.767 bits per heavy atom. The Balaban J connectivity index is 1.67. The molecule has 522 valence electrons. The maximum absolute atomic E-state index is 13.4. The van der Waals surface area contributed by atoms with Crippen LogP contribution in [-0.2, 0) is 23.7 Å². The van der Waals surface area contributed by atoms with Crippen molar-refractivity contribution in [1.29, 1.82) is 0 Å². The molecule has 14 heteroatoms. The number of hydrogen-bond acceptors (Lipinski definition) is 13. The van der Waals surface area contributed by atoms with Crippen molar-refractivity contribution in [2.24, 2.45) is 0 Å². The van der Waals surface area contributed by atoms with Gasteiger partial charge in [-0.15, -0.1) is 0 Å². The van der Waals surface area contributed by atoms with Gasteiger partial charge in [0.2, 0.25) is 5.91 Å². The van der Waals surface area contributed by atoms with Gasteiger partial charge in [-0.2, -0.15) is 0 Å². The van der Waals surface area contributed by atoms with E-state index in [0.717, 1.165) is 103 Å². The van der Waals surface area contributed by atoms with Crippen molar-refractivity contribution in [3.8, 4) is 0 Å².